The van der Waals surface area contributed by atoms with Crippen LogP contribution < -0.4 is 21.1 Å². The number of hydrogen-bond donors (Lipinski definition) is 2. The number of nitrogens with two attached hydrogens (primary N) is 2. The molecule has 0 bridgehead atoms. The molecule has 0 spiro atoms. The summed E-state index contributed by atoms with van der Waals surface area (Å²) in [5.41, 5.74) is 11.2. The van der Waals surface area contributed by atoms with Crippen LogP contribution in [0.1, 0.15) is 41.4 Å². The second-order valence-electron chi connectivity index (χ2n) is 8.72. The minimum Gasteiger partial charge on any atom is -0.457 e. The SMILES string of the molecule is NC(=O)c1cc(Oc2ccc(N(C(N)=O)c3cc(C4CCC4)nn3-c3cc(F)cc(F)c3)c(F)c2)ccn1. The Hall–Kier alpha value is -4.87. The zero-order valence-corrected chi connectivity index (χ0v) is 19.8. The maximum absolute atomic E-state index is 15.4. The van der Waals surface area contributed by atoms with Crippen molar-refractivity contribution in [3.05, 3.63) is 89.6 Å². The van der Waals surface area contributed by atoms with Gasteiger partial charge in [0.1, 0.15) is 34.6 Å². The van der Waals surface area contributed by atoms with Crippen LogP contribution in [0.3, 0.4) is 0 Å². The van der Waals surface area contributed by atoms with E-state index in [9.17, 15) is 18.4 Å². The Balaban J connectivity index is 1.55. The minimum atomic E-state index is -1.05. The van der Waals surface area contributed by atoms with Crippen LogP contribution in [0.4, 0.5) is 29.5 Å². The average Bonchev–Trinajstić information content (AvgIpc) is 3.23. The summed E-state index contributed by atoms with van der Waals surface area (Å²) in [6.45, 7) is 0. The molecule has 5 rings (SSSR count). The molecular formula is C26H21F3N6O3. The summed E-state index contributed by atoms with van der Waals surface area (Å²) in [7, 11) is 0. The number of anilines is 2. The van der Waals surface area contributed by atoms with Gasteiger partial charge >= 0.3 is 6.03 Å². The van der Waals surface area contributed by atoms with Gasteiger partial charge in [-0.2, -0.15) is 5.10 Å². The molecule has 1 fully saturated rings. The average molecular weight is 522 g/mol. The molecule has 194 valence electrons. The first-order chi connectivity index (χ1) is 18.2. The highest BCUT2D eigenvalue weighted by atomic mass is 19.1. The van der Waals surface area contributed by atoms with Gasteiger partial charge in [0.25, 0.3) is 5.91 Å². The zero-order chi connectivity index (χ0) is 27.0. The van der Waals surface area contributed by atoms with Crippen molar-refractivity contribution in [1.82, 2.24) is 14.8 Å². The third-order valence-electron chi connectivity index (χ3n) is 6.15. The Labute approximate surface area is 214 Å². The number of urea groups is 1. The van der Waals surface area contributed by atoms with E-state index < -0.39 is 29.4 Å². The van der Waals surface area contributed by atoms with Gasteiger partial charge < -0.3 is 16.2 Å². The molecule has 0 radical (unpaired) electrons. The number of carbonyl (C=O) groups excluding carboxylic acids is 2. The van der Waals surface area contributed by atoms with Crippen LogP contribution in [0, 0.1) is 17.5 Å². The standard InChI is InChI=1S/C26H21F3N6O3/c27-15-8-16(28)10-17(9-15)35-24(13-21(33-35)14-2-1-3-14)34(26(31)37)23-5-4-18(11-20(23)29)38-19-6-7-32-22(12-19)25(30)36/h4-14H,1-3H2,(H2,30,36)(H2,31,37). The topological polar surface area (TPSA) is 129 Å². The number of amides is 3. The highest BCUT2D eigenvalue weighted by Crippen LogP contribution is 2.40. The summed E-state index contributed by atoms with van der Waals surface area (Å²) in [5, 5.41) is 4.48. The predicted molar refractivity (Wildman–Crippen MR) is 131 cm³/mol. The van der Waals surface area contributed by atoms with Crippen LogP contribution in [0.15, 0.2) is 60.8 Å². The Morgan fingerprint density at radius 3 is 2.26 bits per heavy atom. The Kier molecular flexibility index (Phi) is 6.45. The number of rotatable bonds is 7. The van der Waals surface area contributed by atoms with Crippen molar-refractivity contribution in [2.24, 2.45) is 11.5 Å². The van der Waals surface area contributed by atoms with E-state index >= 15 is 4.39 Å². The number of halogens is 3. The summed E-state index contributed by atoms with van der Waals surface area (Å²) < 4.78 is 50.2. The van der Waals surface area contributed by atoms with E-state index in [1.807, 2.05) is 0 Å². The van der Waals surface area contributed by atoms with Crippen molar-refractivity contribution in [2.45, 2.75) is 25.2 Å². The molecule has 0 aliphatic heterocycles. The number of benzene rings is 2. The van der Waals surface area contributed by atoms with Crippen LogP contribution in [-0.4, -0.2) is 26.7 Å². The Morgan fingerprint density at radius 2 is 1.66 bits per heavy atom. The van der Waals surface area contributed by atoms with E-state index in [-0.39, 0.29) is 40.3 Å². The number of ether oxygens (including phenoxy) is 1. The predicted octanol–water partition coefficient (Wildman–Crippen LogP) is 5.06. The lowest BCUT2D eigenvalue weighted by molar-refractivity contribution is 0.0995. The van der Waals surface area contributed by atoms with Crippen molar-refractivity contribution >= 4 is 23.4 Å². The minimum absolute atomic E-state index is 0.00220. The Bertz CT molecular complexity index is 1530. The quantitative estimate of drug-likeness (QED) is 0.351. The number of carbonyl (C=O) groups is 2. The molecule has 38 heavy (non-hydrogen) atoms. The lowest BCUT2D eigenvalue weighted by Gasteiger charge is -2.23. The van der Waals surface area contributed by atoms with Gasteiger partial charge in [0, 0.05) is 36.4 Å². The van der Waals surface area contributed by atoms with E-state index in [0.717, 1.165) is 47.0 Å². The van der Waals surface area contributed by atoms with Gasteiger partial charge in [-0.1, -0.05) is 6.42 Å². The van der Waals surface area contributed by atoms with Gasteiger partial charge in [-0.15, -0.1) is 0 Å². The molecule has 1 aliphatic rings. The van der Waals surface area contributed by atoms with Crippen molar-refractivity contribution < 1.29 is 27.5 Å². The van der Waals surface area contributed by atoms with Gasteiger partial charge in [-0.05, 0) is 43.2 Å². The van der Waals surface area contributed by atoms with E-state index in [2.05, 4.69) is 10.1 Å². The Morgan fingerprint density at radius 1 is 0.947 bits per heavy atom. The third kappa shape index (κ3) is 4.88. The summed E-state index contributed by atoms with van der Waals surface area (Å²) in [6, 6.07) is 9.72. The summed E-state index contributed by atoms with van der Waals surface area (Å²) in [4.78, 5) is 28.7. The fourth-order valence-electron chi connectivity index (χ4n) is 4.14. The van der Waals surface area contributed by atoms with E-state index in [4.69, 9.17) is 16.2 Å². The van der Waals surface area contributed by atoms with Gasteiger partial charge in [-0.25, -0.2) is 27.5 Å². The maximum Gasteiger partial charge on any atom is 0.325 e. The first-order valence-electron chi connectivity index (χ1n) is 11.6. The van der Waals surface area contributed by atoms with Crippen molar-refractivity contribution in [3.63, 3.8) is 0 Å². The highest BCUT2D eigenvalue weighted by Gasteiger charge is 2.29. The summed E-state index contributed by atoms with van der Waals surface area (Å²) in [6.07, 6.45) is 4.02. The molecule has 0 unspecified atom stereocenters. The van der Waals surface area contributed by atoms with E-state index in [0.29, 0.717) is 11.8 Å². The number of hydrogen-bond acceptors (Lipinski definition) is 5. The number of pyridine rings is 1. The molecule has 4 N–H and O–H groups in total. The first-order valence-corrected chi connectivity index (χ1v) is 11.6. The molecule has 1 saturated carbocycles. The second-order valence-corrected chi connectivity index (χ2v) is 8.72. The maximum atomic E-state index is 15.4. The van der Waals surface area contributed by atoms with Crippen LogP contribution >= 0.6 is 0 Å². The van der Waals surface area contributed by atoms with Crippen LogP contribution in [0.2, 0.25) is 0 Å². The lowest BCUT2D eigenvalue weighted by Crippen LogP contribution is -2.33. The molecule has 2 aromatic heterocycles. The van der Waals surface area contributed by atoms with Crippen molar-refractivity contribution in [3.8, 4) is 17.2 Å². The number of aromatic nitrogens is 3. The first kappa shape index (κ1) is 24.8. The number of primary amides is 2. The fourth-order valence-corrected chi connectivity index (χ4v) is 4.14. The van der Waals surface area contributed by atoms with Crippen LogP contribution in [-0.2, 0) is 0 Å². The highest BCUT2D eigenvalue weighted by molar-refractivity contribution is 5.98. The fraction of sp³-hybridized carbons (Fsp3) is 0.154. The largest absolute Gasteiger partial charge is 0.457 e. The smallest absolute Gasteiger partial charge is 0.325 e. The van der Waals surface area contributed by atoms with Gasteiger partial charge in [0.15, 0.2) is 5.82 Å². The summed E-state index contributed by atoms with van der Waals surface area (Å²) in [5.74, 6) is -3.00. The molecule has 4 aromatic rings. The molecule has 0 saturated heterocycles. The van der Waals surface area contributed by atoms with Gasteiger partial charge in [0.05, 0.1) is 17.1 Å². The molecule has 9 nitrogen and oxygen atoms in total. The van der Waals surface area contributed by atoms with Gasteiger partial charge in [-0.3, -0.25) is 9.78 Å². The van der Waals surface area contributed by atoms with Gasteiger partial charge in [0.2, 0.25) is 0 Å². The molecule has 0 atom stereocenters. The van der Waals surface area contributed by atoms with E-state index in [1.165, 1.54) is 30.5 Å². The molecular weight excluding hydrogens is 501 g/mol. The monoisotopic (exact) mass is 522 g/mol. The molecule has 2 heterocycles. The summed E-state index contributed by atoms with van der Waals surface area (Å²) >= 11 is 0. The molecule has 3 amide bonds. The molecule has 2 aromatic carbocycles. The van der Waals surface area contributed by atoms with Crippen molar-refractivity contribution in [2.75, 3.05) is 4.90 Å². The third-order valence-corrected chi connectivity index (χ3v) is 6.15. The van der Waals surface area contributed by atoms with Crippen LogP contribution in [0.25, 0.3) is 5.69 Å². The lowest BCUT2D eigenvalue weighted by atomic mass is 9.83. The number of nitrogens with zero attached hydrogens (tertiary/aromatic N) is 4. The molecule has 12 heteroatoms. The molecule has 1 aliphatic carbocycles. The zero-order valence-electron chi connectivity index (χ0n) is 19.8. The second kappa shape index (κ2) is 9.88. The van der Waals surface area contributed by atoms with Crippen LogP contribution in [0.5, 0.6) is 11.5 Å². The van der Waals surface area contributed by atoms with Crippen molar-refractivity contribution in [1.29, 1.82) is 0 Å². The van der Waals surface area contributed by atoms with E-state index in [1.54, 1.807) is 6.07 Å². The normalized spacial score (nSPS) is 13.1.